The highest BCUT2D eigenvalue weighted by atomic mass is 35.5. The summed E-state index contributed by atoms with van der Waals surface area (Å²) >= 11 is 0. The first kappa shape index (κ1) is 24.1. The molecule has 3 rings (SSSR count). The number of carbonyl (C=O) groups excluding carboxylic acids is 1. The number of hydrogen-bond acceptors (Lipinski definition) is 5. The molecule has 3 heterocycles. The highest BCUT2D eigenvalue weighted by molar-refractivity contribution is 5.94. The number of nitrogens with zero attached hydrogens (tertiary/aromatic N) is 4. The van der Waals surface area contributed by atoms with Crippen molar-refractivity contribution in [3.63, 3.8) is 0 Å². The van der Waals surface area contributed by atoms with E-state index in [1.807, 2.05) is 35.4 Å². The van der Waals surface area contributed by atoms with Crippen molar-refractivity contribution in [3.8, 4) is 0 Å². The average Bonchev–Trinajstić information content (AvgIpc) is 2.72. The van der Waals surface area contributed by atoms with Crippen LogP contribution in [0.2, 0.25) is 0 Å². The number of anilines is 1. The Morgan fingerprint density at radius 2 is 2.07 bits per heavy atom. The number of amides is 1. The Balaban J connectivity index is 0.00000196. The molecule has 8 heteroatoms. The summed E-state index contributed by atoms with van der Waals surface area (Å²) in [6.07, 6.45) is 6.37. The van der Waals surface area contributed by atoms with Gasteiger partial charge in [0.15, 0.2) is 0 Å². The monoisotopic (exact) mass is 425 g/mol. The first-order valence-corrected chi connectivity index (χ1v) is 9.37. The molecular formula is C20H29Cl2N5O. The van der Waals surface area contributed by atoms with Gasteiger partial charge in [-0.15, -0.1) is 24.8 Å². The highest BCUT2D eigenvalue weighted by Gasteiger charge is 2.28. The quantitative estimate of drug-likeness (QED) is 0.768. The molecule has 1 N–H and O–H groups in total. The van der Waals surface area contributed by atoms with Crippen LogP contribution in [0.1, 0.15) is 42.2 Å². The van der Waals surface area contributed by atoms with Gasteiger partial charge in [0.1, 0.15) is 5.82 Å². The van der Waals surface area contributed by atoms with Crippen molar-refractivity contribution >= 4 is 36.5 Å². The number of carbonyl (C=O) groups is 1. The van der Waals surface area contributed by atoms with Crippen molar-refractivity contribution in [2.45, 2.75) is 26.3 Å². The maximum Gasteiger partial charge on any atom is 0.256 e. The number of nitrogens with one attached hydrogen (secondary N) is 1. The van der Waals surface area contributed by atoms with E-state index < -0.39 is 0 Å². The third-order valence-corrected chi connectivity index (χ3v) is 4.77. The van der Waals surface area contributed by atoms with Crippen molar-refractivity contribution in [3.05, 3.63) is 54.0 Å². The zero-order valence-electron chi connectivity index (χ0n) is 16.4. The topological polar surface area (TPSA) is 61.4 Å². The molecule has 154 valence electrons. The van der Waals surface area contributed by atoms with Gasteiger partial charge in [0.2, 0.25) is 0 Å². The van der Waals surface area contributed by atoms with Gasteiger partial charge < -0.3 is 15.1 Å². The maximum absolute atomic E-state index is 13.1. The van der Waals surface area contributed by atoms with Crippen LogP contribution in [-0.4, -0.2) is 53.5 Å². The molecule has 1 fully saturated rings. The molecule has 6 nitrogen and oxygen atoms in total. The molecule has 0 saturated carbocycles. The Hall–Kier alpha value is -1.89. The number of piperazine rings is 1. The molecule has 0 aliphatic carbocycles. The van der Waals surface area contributed by atoms with Crippen LogP contribution >= 0.6 is 24.8 Å². The van der Waals surface area contributed by atoms with Crippen molar-refractivity contribution < 1.29 is 4.79 Å². The Kier molecular flexibility index (Phi) is 10.2. The van der Waals surface area contributed by atoms with E-state index in [1.165, 1.54) is 0 Å². The van der Waals surface area contributed by atoms with Crippen LogP contribution in [0.15, 0.2) is 42.9 Å². The van der Waals surface area contributed by atoms with Crippen LogP contribution in [0.25, 0.3) is 0 Å². The van der Waals surface area contributed by atoms with Gasteiger partial charge in [-0.25, -0.2) is 4.98 Å². The van der Waals surface area contributed by atoms with E-state index in [0.29, 0.717) is 12.1 Å². The first-order valence-electron chi connectivity index (χ1n) is 9.37. The smallest absolute Gasteiger partial charge is 0.256 e. The molecule has 1 aliphatic rings. The molecular weight excluding hydrogens is 397 g/mol. The Morgan fingerprint density at radius 1 is 1.25 bits per heavy atom. The lowest BCUT2D eigenvalue weighted by Gasteiger charge is -2.36. The highest BCUT2D eigenvalue weighted by Crippen LogP contribution is 2.24. The van der Waals surface area contributed by atoms with Crippen molar-refractivity contribution in [2.75, 3.05) is 37.6 Å². The summed E-state index contributed by atoms with van der Waals surface area (Å²) in [6, 6.07) is 7.78. The number of rotatable bonds is 6. The van der Waals surface area contributed by atoms with Gasteiger partial charge in [-0.1, -0.05) is 13.0 Å². The summed E-state index contributed by atoms with van der Waals surface area (Å²) in [5, 5.41) is 3.37. The van der Waals surface area contributed by atoms with E-state index in [1.54, 1.807) is 12.4 Å². The SMILES string of the molecule is CCCN(CC)c1ccc(C(=O)N2CCNCC2c2cccnc2)cn1.Cl.Cl. The summed E-state index contributed by atoms with van der Waals surface area (Å²) in [6.45, 7) is 8.38. The minimum atomic E-state index is -0.00291. The fourth-order valence-corrected chi connectivity index (χ4v) is 3.39. The van der Waals surface area contributed by atoms with Crippen LogP contribution in [0.3, 0.4) is 0 Å². The molecule has 0 bridgehead atoms. The fourth-order valence-electron chi connectivity index (χ4n) is 3.39. The lowest BCUT2D eigenvalue weighted by Crippen LogP contribution is -2.48. The molecule has 1 aliphatic heterocycles. The molecule has 1 saturated heterocycles. The summed E-state index contributed by atoms with van der Waals surface area (Å²) < 4.78 is 0. The summed E-state index contributed by atoms with van der Waals surface area (Å²) in [5.41, 5.74) is 1.69. The van der Waals surface area contributed by atoms with E-state index in [0.717, 1.165) is 44.0 Å². The van der Waals surface area contributed by atoms with E-state index in [2.05, 4.69) is 34.0 Å². The molecule has 1 unspecified atom stereocenters. The van der Waals surface area contributed by atoms with E-state index >= 15 is 0 Å². The molecule has 28 heavy (non-hydrogen) atoms. The molecule has 2 aromatic heterocycles. The third kappa shape index (κ3) is 5.56. The average molecular weight is 426 g/mol. The van der Waals surface area contributed by atoms with E-state index in [-0.39, 0.29) is 36.8 Å². The second-order valence-corrected chi connectivity index (χ2v) is 6.49. The molecule has 2 aromatic rings. The fraction of sp³-hybridized carbons (Fsp3) is 0.450. The third-order valence-electron chi connectivity index (χ3n) is 4.77. The Labute approximate surface area is 179 Å². The zero-order chi connectivity index (χ0) is 18.4. The van der Waals surface area contributed by atoms with Crippen molar-refractivity contribution in [2.24, 2.45) is 0 Å². The van der Waals surface area contributed by atoms with Crippen LogP contribution < -0.4 is 10.2 Å². The van der Waals surface area contributed by atoms with Gasteiger partial charge in [-0.2, -0.15) is 0 Å². The van der Waals surface area contributed by atoms with Gasteiger partial charge in [-0.3, -0.25) is 9.78 Å². The van der Waals surface area contributed by atoms with Crippen LogP contribution in [-0.2, 0) is 0 Å². The molecule has 0 radical (unpaired) electrons. The van der Waals surface area contributed by atoms with Gasteiger partial charge >= 0.3 is 0 Å². The normalized spacial score (nSPS) is 15.9. The van der Waals surface area contributed by atoms with Crippen molar-refractivity contribution in [1.29, 1.82) is 0 Å². The van der Waals surface area contributed by atoms with Crippen LogP contribution in [0, 0.1) is 0 Å². The number of pyridine rings is 2. The lowest BCUT2D eigenvalue weighted by molar-refractivity contribution is 0.0633. The Bertz CT molecular complexity index is 714. The van der Waals surface area contributed by atoms with Crippen LogP contribution in [0.5, 0.6) is 0 Å². The number of hydrogen-bond donors (Lipinski definition) is 1. The number of halogens is 2. The van der Waals surface area contributed by atoms with E-state index in [9.17, 15) is 4.79 Å². The molecule has 1 atom stereocenters. The predicted molar refractivity (Wildman–Crippen MR) is 118 cm³/mol. The molecule has 1 amide bonds. The largest absolute Gasteiger partial charge is 0.357 e. The second-order valence-electron chi connectivity index (χ2n) is 6.49. The van der Waals surface area contributed by atoms with Crippen LogP contribution in [0.4, 0.5) is 5.82 Å². The van der Waals surface area contributed by atoms with E-state index in [4.69, 9.17) is 0 Å². The first-order chi connectivity index (χ1) is 12.7. The van der Waals surface area contributed by atoms with Gasteiger partial charge in [0.25, 0.3) is 5.91 Å². The van der Waals surface area contributed by atoms with Gasteiger partial charge in [0, 0.05) is 51.3 Å². The minimum absolute atomic E-state index is 0. The predicted octanol–water partition coefficient (Wildman–Crippen LogP) is 3.34. The molecule has 0 aromatic carbocycles. The summed E-state index contributed by atoms with van der Waals surface area (Å²) in [4.78, 5) is 26.0. The van der Waals surface area contributed by atoms with Crippen molar-refractivity contribution in [1.82, 2.24) is 20.2 Å². The standard InChI is InChI=1S/C20H27N5O.2ClH/c1-3-11-24(4-2)19-8-7-17(14-23-19)20(26)25-12-10-22-15-18(25)16-6-5-9-21-13-16;;/h5-9,13-14,18,22H,3-4,10-12,15H2,1-2H3;2*1H. The summed E-state index contributed by atoms with van der Waals surface area (Å²) in [5.74, 6) is 0.952. The zero-order valence-corrected chi connectivity index (χ0v) is 18.0. The van der Waals surface area contributed by atoms with Gasteiger partial charge in [0.05, 0.1) is 11.6 Å². The minimum Gasteiger partial charge on any atom is -0.357 e. The number of aromatic nitrogens is 2. The lowest BCUT2D eigenvalue weighted by atomic mass is 10.0. The maximum atomic E-state index is 13.1. The Morgan fingerprint density at radius 3 is 2.68 bits per heavy atom. The molecule has 0 spiro atoms. The second kappa shape index (κ2) is 11.8. The van der Waals surface area contributed by atoms with Gasteiger partial charge in [-0.05, 0) is 37.1 Å². The summed E-state index contributed by atoms with van der Waals surface area (Å²) in [7, 11) is 0.